The van der Waals surface area contributed by atoms with Gasteiger partial charge in [-0.2, -0.15) is 4.98 Å². The minimum absolute atomic E-state index is 0.575. The molecule has 0 aliphatic rings. The number of fused-ring (bicyclic) bond motifs is 1. The highest BCUT2D eigenvalue weighted by Gasteiger charge is 2.08. The zero-order valence-electron chi connectivity index (χ0n) is 14.6. The SMILES string of the molecule is Cc1ccc(CNc2nc(NCc3ccco3)c3ccccc3n2)cc1. The van der Waals surface area contributed by atoms with Gasteiger partial charge in [0.25, 0.3) is 0 Å². The number of nitrogens with one attached hydrogen (secondary N) is 2. The van der Waals surface area contributed by atoms with Crippen LogP contribution in [0.1, 0.15) is 16.9 Å². The molecular weight excluding hydrogens is 324 g/mol. The maximum absolute atomic E-state index is 5.39. The molecule has 5 heteroatoms. The molecule has 26 heavy (non-hydrogen) atoms. The van der Waals surface area contributed by atoms with Crippen LogP contribution in [-0.4, -0.2) is 9.97 Å². The van der Waals surface area contributed by atoms with E-state index in [1.54, 1.807) is 6.26 Å². The number of anilines is 2. The van der Waals surface area contributed by atoms with Gasteiger partial charge in [-0.3, -0.25) is 0 Å². The molecule has 4 rings (SSSR count). The number of aromatic nitrogens is 2. The van der Waals surface area contributed by atoms with Crippen molar-refractivity contribution < 1.29 is 4.42 Å². The fourth-order valence-corrected chi connectivity index (χ4v) is 2.76. The lowest BCUT2D eigenvalue weighted by molar-refractivity contribution is 0.518. The molecule has 0 amide bonds. The summed E-state index contributed by atoms with van der Waals surface area (Å²) in [6.45, 7) is 3.34. The minimum atomic E-state index is 0.575. The Hall–Kier alpha value is -3.34. The van der Waals surface area contributed by atoms with Gasteiger partial charge in [-0.25, -0.2) is 4.98 Å². The predicted molar refractivity (Wildman–Crippen MR) is 104 cm³/mol. The summed E-state index contributed by atoms with van der Waals surface area (Å²) in [4.78, 5) is 9.29. The largest absolute Gasteiger partial charge is 0.467 e. The van der Waals surface area contributed by atoms with Gasteiger partial charge in [0.05, 0.1) is 18.3 Å². The van der Waals surface area contributed by atoms with Crippen molar-refractivity contribution in [3.63, 3.8) is 0 Å². The molecule has 0 bridgehead atoms. The second kappa shape index (κ2) is 7.27. The highest BCUT2D eigenvalue weighted by Crippen LogP contribution is 2.22. The Kier molecular flexibility index (Phi) is 4.51. The van der Waals surface area contributed by atoms with E-state index in [4.69, 9.17) is 4.42 Å². The zero-order valence-corrected chi connectivity index (χ0v) is 14.6. The molecule has 2 aromatic heterocycles. The van der Waals surface area contributed by atoms with Crippen molar-refractivity contribution in [1.29, 1.82) is 0 Å². The molecule has 5 nitrogen and oxygen atoms in total. The van der Waals surface area contributed by atoms with Crippen molar-refractivity contribution in [3.05, 3.63) is 83.8 Å². The first-order valence-electron chi connectivity index (χ1n) is 8.60. The number of benzene rings is 2. The van der Waals surface area contributed by atoms with Gasteiger partial charge in [-0.15, -0.1) is 0 Å². The summed E-state index contributed by atoms with van der Waals surface area (Å²) in [7, 11) is 0. The maximum Gasteiger partial charge on any atom is 0.225 e. The van der Waals surface area contributed by atoms with Crippen molar-refractivity contribution in [2.45, 2.75) is 20.0 Å². The summed E-state index contributed by atoms with van der Waals surface area (Å²) >= 11 is 0. The molecule has 0 spiro atoms. The van der Waals surface area contributed by atoms with Gasteiger partial charge in [0.2, 0.25) is 5.95 Å². The lowest BCUT2D eigenvalue weighted by Gasteiger charge is -2.11. The Bertz CT molecular complexity index is 994. The van der Waals surface area contributed by atoms with E-state index in [9.17, 15) is 0 Å². The fourth-order valence-electron chi connectivity index (χ4n) is 2.76. The zero-order chi connectivity index (χ0) is 17.8. The number of aryl methyl sites for hydroxylation is 1. The van der Waals surface area contributed by atoms with Crippen molar-refractivity contribution in [1.82, 2.24) is 9.97 Å². The summed E-state index contributed by atoms with van der Waals surface area (Å²) in [5, 5.41) is 7.66. The van der Waals surface area contributed by atoms with Gasteiger partial charge in [0.1, 0.15) is 11.6 Å². The second-order valence-corrected chi connectivity index (χ2v) is 6.19. The van der Waals surface area contributed by atoms with Crippen LogP contribution in [0.3, 0.4) is 0 Å². The van der Waals surface area contributed by atoms with Crippen LogP contribution in [-0.2, 0) is 13.1 Å². The summed E-state index contributed by atoms with van der Waals surface area (Å²) in [6.07, 6.45) is 1.67. The van der Waals surface area contributed by atoms with E-state index < -0.39 is 0 Å². The van der Waals surface area contributed by atoms with Gasteiger partial charge in [-0.1, -0.05) is 42.0 Å². The van der Waals surface area contributed by atoms with Crippen LogP contribution in [0.2, 0.25) is 0 Å². The molecule has 2 N–H and O–H groups in total. The quantitative estimate of drug-likeness (QED) is 0.528. The number of hydrogen-bond acceptors (Lipinski definition) is 5. The summed E-state index contributed by atoms with van der Waals surface area (Å²) in [5.41, 5.74) is 3.34. The van der Waals surface area contributed by atoms with E-state index in [1.165, 1.54) is 11.1 Å². The van der Waals surface area contributed by atoms with Gasteiger partial charge < -0.3 is 15.1 Å². The van der Waals surface area contributed by atoms with Crippen LogP contribution in [0.15, 0.2) is 71.3 Å². The number of nitrogens with zero attached hydrogens (tertiary/aromatic N) is 2. The average molecular weight is 344 g/mol. The molecule has 2 heterocycles. The first-order valence-corrected chi connectivity index (χ1v) is 8.60. The monoisotopic (exact) mass is 344 g/mol. The second-order valence-electron chi connectivity index (χ2n) is 6.19. The Labute approximate surface area is 152 Å². The molecule has 0 unspecified atom stereocenters. The first kappa shape index (κ1) is 16.1. The van der Waals surface area contributed by atoms with Crippen LogP contribution in [0.5, 0.6) is 0 Å². The summed E-state index contributed by atoms with van der Waals surface area (Å²) in [6, 6.07) is 20.2. The van der Waals surface area contributed by atoms with Crippen LogP contribution in [0, 0.1) is 6.92 Å². The smallest absolute Gasteiger partial charge is 0.225 e. The van der Waals surface area contributed by atoms with Crippen LogP contribution in [0.25, 0.3) is 10.9 Å². The van der Waals surface area contributed by atoms with Gasteiger partial charge in [0.15, 0.2) is 0 Å². The predicted octanol–water partition coefficient (Wildman–Crippen LogP) is 4.76. The number of hydrogen-bond donors (Lipinski definition) is 2. The third-order valence-corrected chi connectivity index (χ3v) is 4.18. The molecule has 0 radical (unpaired) electrons. The lowest BCUT2D eigenvalue weighted by atomic mass is 10.1. The van der Waals surface area contributed by atoms with Crippen molar-refractivity contribution >= 4 is 22.7 Å². The van der Waals surface area contributed by atoms with E-state index in [1.807, 2.05) is 36.4 Å². The highest BCUT2D eigenvalue weighted by molar-refractivity contribution is 5.89. The molecule has 0 aliphatic heterocycles. The normalized spacial score (nSPS) is 10.8. The Morgan fingerprint density at radius 1 is 0.846 bits per heavy atom. The lowest BCUT2D eigenvalue weighted by Crippen LogP contribution is -2.07. The van der Waals surface area contributed by atoms with E-state index in [-0.39, 0.29) is 0 Å². The highest BCUT2D eigenvalue weighted by atomic mass is 16.3. The van der Waals surface area contributed by atoms with E-state index >= 15 is 0 Å². The summed E-state index contributed by atoms with van der Waals surface area (Å²) < 4.78 is 5.39. The van der Waals surface area contributed by atoms with Crippen LogP contribution >= 0.6 is 0 Å². The minimum Gasteiger partial charge on any atom is -0.467 e. The number of rotatable bonds is 6. The van der Waals surface area contributed by atoms with E-state index in [0.717, 1.165) is 22.5 Å². The molecular formula is C21H20N4O. The first-order chi connectivity index (χ1) is 12.8. The molecule has 0 saturated carbocycles. The fraction of sp³-hybridized carbons (Fsp3) is 0.143. The number of para-hydroxylation sites is 1. The summed E-state index contributed by atoms with van der Waals surface area (Å²) in [5.74, 6) is 2.26. The van der Waals surface area contributed by atoms with Crippen molar-refractivity contribution in [3.8, 4) is 0 Å². The Morgan fingerprint density at radius 3 is 2.50 bits per heavy atom. The van der Waals surface area contributed by atoms with Crippen molar-refractivity contribution in [2.75, 3.05) is 10.6 Å². The van der Waals surface area contributed by atoms with Gasteiger partial charge in [0, 0.05) is 11.9 Å². The molecule has 0 fully saturated rings. The average Bonchev–Trinajstić information content (AvgIpc) is 3.19. The standard InChI is InChI=1S/C21H20N4O/c1-15-8-10-16(11-9-15)13-23-21-24-19-7-3-2-6-18(19)20(25-21)22-14-17-5-4-12-26-17/h2-12H,13-14H2,1H3,(H2,22,23,24,25). The molecule has 130 valence electrons. The Balaban J connectivity index is 1.57. The van der Waals surface area contributed by atoms with Crippen molar-refractivity contribution in [2.24, 2.45) is 0 Å². The Morgan fingerprint density at radius 2 is 1.69 bits per heavy atom. The molecule has 4 aromatic rings. The number of furan rings is 1. The third-order valence-electron chi connectivity index (χ3n) is 4.18. The van der Waals surface area contributed by atoms with E-state index in [2.05, 4.69) is 51.8 Å². The van der Waals surface area contributed by atoms with Crippen LogP contribution < -0.4 is 10.6 Å². The van der Waals surface area contributed by atoms with Gasteiger partial charge in [-0.05, 0) is 36.8 Å². The van der Waals surface area contributed by atoms with Gasteiger partial charge >= 0.3 is 0 Å². The molecule has 0 aliphatic carbocycles. The molecule has 0 atom stereocenters. The molecule has 0 saturated heterocycles. The maximum atomic E-state index is 5.39. The van der Waals surface area contributed by atoms with E-state index in [0.29, 0.717) is 19.0 Å². The topological polar surface area (TPSA) is 63.0 Å². The molecule has 2 aromatic carbocycles. The third kappa shape index (κ3) is 3.67. The van der Waals surface area contributed by atoms with Crippen LogP contribution in [0.4, 0.5) is 11.8 Å².